The topological polar surface area (TPSA) is 30.7 Å². The lowest BCUT2D eigenvalue weighted by atomic mass is 10.3. The highest BCUT2D eigenvalue weighted by atomic mass is 127. The third-order valence-electron chi connectivity index (χ3n) is 1.70. The summed E-state index contributed by atoms with van der Waals surface area (Å²) in [4.78, 5) is 4.20. The van der Waals surface area contributed by atoms with Crippen molar-refractivity contribution >= 4 is 34.2 Å². The molecule has 0 fully saturated rings. The van der Waals surface area contributed by atoms with E-state index in [1.165, 1.54) is 0 Å². The van der Waals surface area contributed by atoms with Crippen LogP contribution in [0.3, 0.4) is 0 Å². The van der Waals surface area contributed by atoms with E-state index >= 15 is 0 Å². The zero-order valence-electron chi connectivity index (χ0n) is 7.19. The smallest absolute Gasteiger partial charge is 0.0832 e. The van der Waals surface area contributed by atoms with Gasteiger partial charge in [0.25, 0.3) is 0 Å². The molecule has 0 aliphatic rings. The molecule has 0 bridgehead atoms. The van der Waals surface area contributed by atoms with Gasteiger partial charge >= 0.3 is 0 Å². The molecule has 3 nitrogen and oxygen atoms in total. The lowest BCUT2D eigenvalue weighted by molar-refractivity contribution is 0.672. The summed E-state index contributed by atoms with van der Waals surface area (Å²) >= 11 is 8.07. The second kappa shape index (κ2) is 4.27. The van der Waals surface area contributed by atoms with Crippen LogP contribution in [0.25, 0.3) is 0 Å². The van der Waals surface area contributed by atoms with Crippen LogP contribution >= 0.6 is 34.2 Å². The molecule has 0 radical (unpaired) electrons. The zero-order valence-corrected chi connectivity index (χ0v) is 10.1. The van der Waals surface area contributed by atoms with Gasteiger partial charge in [-0.05, 0) is 34.7 Å². The lowest BCUT2D eigenvalue weighted by Crippen LogP contribution is -2.01. The van der Waals surface area contributed by atoms with Crippen LogP contribution in [0.2, 0.25) is 5.02 Å². The number of pyridine rings is 1. The summed E-state index contributed by atoms with van der Waals surface area (Å²) < 4.78 is 2.95. The van der Waals surface area contributed by atoms with Gasteiger partial charge < -0.3 is 0 Å². The third kappa shape index (κ3) is 2.45. The SMILES string of the molecule is Clc1ccnc(Cn2cc(I)cn2)c1. The van der Waals surface area contributed by atoms with Crippen molar-refractivity contribution in [2.45, 2.75) is 6.54 Å². The quantitative estimate of drug-likeness (QED) is 0.797. The maximum atomic E-state index is 5.85. The van der Waals surface area contributed by atoms with Crippen molar-refractivity contribution in [2.24, 2.45) is 0 Å². The van der Waals surface area contributed by atoms with Crippen molar-refractivity contribution in [1.82, 2.24) is 14.8 Å². The highest BCUT2D eigenvalue weighted by Crippen LogP contribution is 2.09. The van der Waals surface area contributed by atoms with Gasteiger partial charge in [0.15, 0.2) is 0 Å². The van der Waals surface area contributed by atoms with Gasteiger partial charge in [0.05, 0.1) is 22.0 Å². The molecule has 5 heteroatoms. The molecular weight excluding hydrogens is 312 g/mol. The first kappa shape index (κ1) is 9.92. The molecule has 0 aromatic carbocycles. The second-order valence-electron chi connectivity index (χ2n) is 2.82. The fourth-order valence-corrected chi connectivity index (χ4v) is 1.75. The molecule has 0 aliphatic heterocycles. The zero-order chi connectivity index (χ0) is 9.97. The largest absolute Gasteiger partial charge is 0.266 e. The van der Waals surface area contributed by atoms with Crippen LogP contribution in [-0.2, 0) is 6.54 Å². The molecule has 72 valence electrons. The van der Waals surface area contributed by atoms with E-state index in [4.69, 9.17) is 11.6 Å². The maximum absolute atomic E-state index is 5.85. The average Bonchev–Trinajstić information content (AvgIpc) is 2.51. The summed E-state index contributed by atoms with van der Waals surface area (Å²) in [6.45, 7) is 0.656. The molecule has 14 heavy (non-hydrogen) atoms. The van der Waals surface area contributed by atoms with E-state index in [0.29, 0.717) is 11.6 Å². The molecule has 0 N–H and O–H groups in total. The highest BCUT2D eigenvalue weighted by molar-refractivity contribution is 14.1. The van der Waals surface area contributed by atoms with Gasteiger partial charge in [0.1, 0.15) is 0 Å². The predicted octanol–water partition coefficient (Wildman–Crippen LogP) is 2.58. The summed E-state index contributed by atoms with van der Waals surface area (Å²) in [5, 5.41) is 4.87. The van der Waals surface area contributed by atoms with E-state index in [2.05, 4.69) is 32.7 Å². The van der Waals surface area contributed by atoms with E-state index in [1.54, 1.807) is 12.3 Å². The Morgan fingerprint density at radius 2 is 2.36 bits per heavy atom. The maximum Gasteiger partial charge on any atom is 0.0832 e. The van der Waals surface area contributed by atoms with Gasteiger partial charge in [0.2, 0.25) is 0 Å². The first-order chi connectivity index (χ1) is 6.74. The Bertz CT molecular complexity index is 441. The minimum Gasteiger partial charge on any atom is -0.266 e. The monoisotopic (exact) mass is 319 g/mol. The van der Waals surface area contributed by atoms with Gasteiger partial charge in [0, 0.05) is 17.4 Å². The third-order valence-corrected chi connectivity index (χ3v) is 2.50. The fraction of sp³-hybridized carbons (Fsp3) is 0.111. The molecule has 0 amide bonds. The van der Waals surface area contributed by atoms with E-state index in [9.17, 15) is 0 Å². The van der Waals surface area contributed by atoms with Crippen LogP contribution in [-0.4, -0.2) is 14.8 Å². The molecule has 0 saturated carbocycles. The van der Waals surface area contributed by atoms with E-state index in [1.807, 2.05) is 23.1 Å². The summed E-state index contributed by atoms with van der Waals surface area (Å²) in [6.07, 6.45) is 5.47. The molecule has 2 aromatic rings. The van der Waals surface area contributed by atoms with Gasteiger partial charge in [-0.3, -0.25) is 9.67 Å². The van der Waals surface area contributed by atoms with E-state index in [-0.39, 0.29) is 0 Å². The standard InChI is InChI=1S/C9H7ClIN3/c10-7-1-2-12-9(3-7)6-14-5-8(11)4-13-14/h1-5H,6H2. The van der Waals surface area contributed by atoms with Crippen LogP contribution < -0.4 is 0 Å². The Hall–Kier alpha value is -0.620. The predicted molar refractivity (Wildman–Crippen MR) is 63.3 cm³/mol. The van der Waals surface area contributed by atoms with Gasteiger partial charge in [-0.2, -0.15) is 5.10 Å². The van der Waals surface area contributed by atoms with Gasteiger partial charge in [-0.15, -0.1) is 0 Å². The van der Waals surface area contributed by atoms with Crippen LogP contribution in [0.4, 0.5) is 0 Å². The minimum atomic E-state index is 0.656. The summed E-state index contributed by atoms with van der Waals surface area (Å²) in [5.74, 6) is 0. The van der Waals surface area contributed by atoms with Crippen molar-refractivity contribution in [3.63, 3.8) is 0 Å². The first-order valence-electron chi connectivity index (χ1n) is 4.02. The molecule has 0 spiro atoms. The van der Waals surface area contributed by atoms with E-state index < -0.39 is 0 Å². The number of halogens is 2. The molecule has 0 saturated heterocycles. The summed E-state index contributed by atoms with van der Waals surface area (Å²) in [7, 11) is 0. The molecule has 2 heterocycles. The Labute approximate surface area is 100 Å². The normalized spacial score (nSPS) is 10.4. The van der Waals surface area contributed by atoms with Crippen molar-refractivity contribution < 1.29 is 0 Å². The highest BCUT2D eigenvalue weighted by Gasteiger charge is 1.99. The fourth-order valence-electron chi connectivity index (χ4n) is 1.13. The van der Waals surface area contributed by atoms with Crippen molar-refractivity contribution in [3.8, 4) is 0 Å². The Kier molecular flexibility index (Phi) is 3.02. The molecular formula is C9H7ClIN3. The number of aromatic nitrogens is 3. The molecule has 2 aromatic heterocycles. The number of hydrogen-bond acceptors (Lipinski definition) is 2. The van der Waals surface area contributed by atoms with Crippen LogP contribution in [0.1, 0.15) is 5.69 Å². The van der Waals surface area contributed by atoms with Crippen molar-refractivity contribution in [2.75, 3.05) is 0 Å². The van der Waals surface area contributed by atoms with Crippen molar-refractivity contribution in [1.29, 1.82) is 0 Å². The number of nitrogens with zero attached hydrogens (tertiary/aromatic N) is 3. The minimum absolute atomic E-state index is 0.656. The first-order valence-corrected chi connectivity index (χ1v) is 5.48. The van der Waals surface area contributed by atoms with Crippen LogP contribution in [0, 0.1) is 3.57 Å². The van der Waals surface area contributed by atoms with E-state index in [0.717, 1.165) is 9.26 Å². The Morgan fingerprint density at radius 1 is 1.50 bits per heavy atom. The summed E-state index contributed by atoms with van der Waals surface area (Å²) in [6, 6.07) is 3.61. The van der Waals surface area contributed by atoms with Gasteiger partial charge in [-0.1, -0.05) is 11.6 Å². The number of rotatable bonds is 2. The molecule has 2 rings (SSSR count). The number of hydrogen-bond donors (Lipinski definition) is 0. The molecule has 0 unspecified atom stereocenters. The Morgan fingerprint density at radius 3 is 3.00 bits per heavy atom. The van der Waals surface area contributed by atoms with Gasteiger partial charge in [-0.25, -0.2) is 0 Å². The second-order valence-corrected chi connectivity index (χ2v) is 4.50. The van der Waals surface area contributed by atoms with Crippen LogP contribution in [0.5, 0.6) is 0 Å². The van der Waals surface area contributed by atoms with Crippen molar-refractivity contribution in [3.05, 3.63) is 45.0 Å². The van der Waals surface area contributed by atoms with Crippen LogP contribution in [0.15, 0.2) is 30.7 Å². The average molecular weight is 320 g/mol. The molecule has 0 atom stereocenters. The Balaban J connectivity index is 2.18. The lowest BCUT2D eigenvalue weighted by Gasteiger charge is -2.00. The molecule has 0 aliphatic carbocycles. The summed E-state index contributed by atoms with van der Waals surface area (Å²) in [5.41, 5.74) is 0.914.